The van der Waals surface area contributed by atoms with Gasteiger partial charge >= 0.3 is 0 Å². The summed E-state index contributed by atoms with van der Waals surface area (Å²) in [7, 11) is -7.70. The van der Waals surface area contributed by atoms with Crippen LogP contribution in [-0.2, 0) is 19.9 Å². The third-order valence-corrected chi connectivity index (χ3v) is 5.16. The Morgan fingerprint density at radius 1 is 0.958 bits per heavy atom. The van der Waals surface area contributed by atoms with E-state index >= 15 is 0 Å². The first-order chi connectivity index (χ1) is 10.9. The molecule has 0 radical (unpaired) electrons. The minimum Gasteiger partial charge on any atom is -0.504 e. The molecule has 1 heterocycles. The van der Waals surface area contributed by atoms with Crippen LogP contribution in [0.5, 0.6) is 5.75 Å². The zero-order valence-electron chi connectivity index (χ0n) is 12.3. The third-order valence-electron chi connectivity index (χ3n) is 2.72. The summed E-state index contributed by atoms with van der Waals surface area (Å²) in [6.07, 6.45) is 1.74. The van der Waals surface area contributed by atoms with Crippen molar-refractivity contribution in [2.24, 2.45) is 0 Å². The molecule has 12 heteroatoms. The zero-order valence-corrected chi connectivity index (χ0v) is 15.4. The van der Waals surface area contributed by atoms with Crippen molar-refractivity contribution < 1.29 is 21.9 Å². The molecule has 0 saturated heterocycles. The molecule has 2 rings (SSSR count). The van der Waals surface area contributed by atoms with Gasteiger partial charge in [0, 0.05) is 22.4 Å². The lowest BCUT2D eigenvalue weighted by molar-refractivity contribution is 0.468. The summed E-state index contributed by atoms with van der Waals surface area (Å²) in [5, 5.41) is 16.8. The minimum absolute atomic E-state index is 0.00621. The van der Waals surface area contributed by atoms with E-state index in [1.54, 1.807) is 0 Å². The fourth-order valence-electron chi connectivity index (χ4n) is 1.81. The van der Waals surface area contributed by atoms with Gasteiger partial charge in [-0.15, -0.1) is 10.2 Å². The SMILES string of the molecule is CS(=O)(=O)c1cc(O)c(N(c2cc(Cl)cc(Cl)c2)S(C)(=O)=O)nn1. The highest BCUT2D eigenvalue weighted by molar-refractivity contribution is 7.92. The summed E-state index contributed by atoms with van der Waals surface area (Å²) in [6.45, 7) is 0. The van der Waals surface area contributed by atoms with Gasteiger partial charge in [0.25, 0.3) is 0 Å². The van der Waals surface area contributed by atoms with Crippen molar-refractivity contribution in [1.82, 2.24) is 10.2 Å². The predicted molar refractivity (Wildman–Crippen MR) is 90.3 cm³/mol. The Kier molecular flexibility index (Phi) is 4.96. The molecular weight excluding hydrogens is 401 g/mol. The first kappa shape index (κ1) is 18.7. The predicted octanol–water partition coefficient (Wildman–Crippen LogP) is 1.99. The molecule has 0 amide bonds. The van der Waals surface area contributed by atoms with Gasteiger partial charge in [0.05, 0.1) is 11.9 Å². The highest BCUT2D eigenvalue weighted by Gasteiger charge is 2.27. The number of aromatic hydroxyl groups is 1. The number of sulfone groups is 1. The molecule has 0 unspecified atom stereocenters. The van der Waals surface area contributed by atoms with E-state index in [-0.39, 0.29) is 15.7 Å². The fraction of sp³-hybridized carbons (Fsp3) is 0.167. The summed E-state index contributed by atoms with van der Waals surface area (Å²) in [6, 6.07) is 4.79. The van der Waals surface area contributed by atoms with Gasteiger partial charge in [-0.3, -0.25) is 0 Å². The van der Waals surface area contributed by atoms with Gasteiger partial charge in [0.15, 0.2) is 20.6 Å². The third kappa shape index (κ3) is 4.07. The molecule has 0 saturated carbocycles. The lowest BCUT2D eigenvalue weighted by Crippen LogP contribution is -2.26. The molecular formula is C12H11Cl2N3O5S2. The number of sulfonamides is 1. The number of hydrogen-bond donors (Lipinski definition) is 1. The number of nitrogens with zero attached hydrogens (tertiary/aromatic N) is 3. The molecule has 130 valence electrons. The van der Waals surface area contributed by atoms with Crippen molar-refractivity contribution in [3.05, 3.63) is 34.3 Å². The van der Waals surface area contributed by atoms with E-state index in [0.717, 1.165) is 18.6 Å². The van der Waals surface area contributed by atoms with Crippen LogP contribution in [0.25, 0.3) is 0 Å². The van der Waals surface area contributed by atoms with Gasteiger partial charge in [0.1, 0.15) is 0 Å². The van der Waals surface area contributed by atoms with Crippen LogP contribution in [0, 0.1) is 0 Å². The van der Waals surface area contributed by atoms with Crippen LogP contribution < -0.4 is 4.31 Å². The van der Waals surface area contributed by atoms with Crippen LogP contribution >= 0.6 is 23.2 Å². The standard InChI is InChI=1S/C12H11Cl2N3O5S2/c1-23(19,20)11-6-10(18)12(16-15-11)17(24(2,21)22)9-4-7(13)3-8(14)5-9/h3-6H,1-2H3,(H,15,18). The van der Waals surface area contributed by atoms with E-state index in [1.165, 1.54) is 18.2 Å². The topological polar surface area (TPSA) is 118 Å². The Bertz CT molecular complexity index is 989. The second-order valence-electron chi connectivity index (χ2n) is 4.82. The van der Waals surface area contributed by atoms with Crippen molar-refractivity contribution in [2.45, 2.75) is 5.03 Å². The van der Waals surface area contributed by atoms with Crippen LogP contribution in [-0.4, -0.2) is 44.7 Å². The minimum atomic E-state index is -3.97. The van der Waals surface area contributed by atoms with E-state index in [4.69, 9.17) is 23.2 Å². The quantitative estimate of drug-likeness (QED) is 0.816. The van der Waals surface area contributed by atoms with Gasteiger partial charge in [-0.1, -0.05) is 23.2 Å². The lowest BCUT2D eigenvalue weighted by Gasteiger charge is -2.22. The highest BCUT2D eigenvalue weighted by atomic mass is 35.5. The Balaban J connectivity index is 2.71. The summed E-state index contributed by atoms with van der Waals surface area (Å²) in [5.74, 6) is -1.17. The van der Waals surface area contributed by atoms with E-state index in [2.05, 4.69) is 10.2 Å². The molecule has 1 N–H and O–H groups in total. The van der Waals surface area contributed by atoms with Crippen LogP contribution in [0.4, 0.5) is 11.5 Å². The number of rotatable bonds is 4. The molecule has 1 aromatic carbocycles. The molecule has 2 aromatic rings. The smallest absolute Gasteiger partial charge is 0.237 e. The van der Waals surface area contributed by atoms with Gasteiger partial charge in [-0.2, -0.15) is 0 Å². The highest BCUT2D eigenvalue weighted by Crippen LogP contribution is 2.36. The van der Waals surface area contributed by atoms with Gasteiger partial charge in [-0.25, -0.2) is 21.1 Å². The first-order valence-corrected chi connectivity index (χ1v) is 10.6. The molecule has 0 atom stereocenters. The van der Waals surface area contributed by atoms with Gasteiger partial charge in [0.2, 0.25) is 15.8 Å². The summed E-state index contributed by atoms with van der Waals surface area (Å²) in [4.78, 5) is 0. The summed E-state index contributed by atoms with van der Waals surface area (Å²) < 4.78 is 47.8. The average molecular weight is 412 g/mol. The fourth-order valence-corrected chi connectivity index (χ4v) is 3.77. The van der Waals surface area contributed by atoms with Crippen molar-refractivity contribution in [3.8, 4) is 5.75 Å². The number of anilines is 2. The molecule has 0 bridgehead atoms. The van der Waals surface area contributed by atoms with Crippen LogP contribution in [0.15, 0.2) is 29.3 Å². The van der Waals surface area contributed by atoms with Gasteiger partial charge < -0.3 is 5.11 Å². The van der Waals surface area contributed by atoms with E-state index in [9.17, 15) is 21.9 Å². The molecule has 0 fully saturated rings. The van der Waals surface area contributed by atoms with E-state index in [0.29, 0.717) is 4.31 Å². The molecule has 1 aromatic heterocycles. The maximum Gasteiger partial charge on any atom is 0.237 e. The van der Waals surface area contributed by atoms with Crippen molar-refractivity contribution in [2.75, 3.05) is 16.8 Å². The van der Waals surface area contributed by atoms with Gasteiger partial charge in [-0.05, 0) is 18.2 Å². The normalized spacial score (nSPS) is 12.2. The Labute approximate surface area is 148 Å². The number of benzene rings is 1. The van der Waals surface area contributed by atoms with E-state index < -0.39 is 36.5 Å². The van der Waals surface area contributed by atoms with Crippen molar-refractivity contribution >= 4 is 54.6 Å². The molecule has 0 aliphatic carbocycles. The number of halogens is 2. The average Bonchev–Trinajstić information content (AvgIpc) is 2.37. The summed E-state index contributed by atoms with van der Waals surface area (Å²) in [5.41, 5.74) is 0.00621. The largest absolute Gasteiger partial charge is 0.504 e. The number of hydrogen-bond acceptors (Lipinski definition) is 7. The molecule has 0 spiro atoms. The van der Waals surface area contributed by atoms with Crippen LogP contribution in [0.2, 0.25) is 10.0 Å². The summed E-state index contributed by atoms with van der Waals surface area (Å²) >= 11 is 11.7. The van der Waals surface area contributed by atoms with Crippen molar-refractivity contribution in [3.63, 3.8) is 0 Å². The van der Waals surface area contributed by atoms with E-state index in [1.807, 2.05) is 0 Å². The maximum absolute atomic E-state index is 12.1. The lowest BCUT2D eigenvalue weighted by atomic mass is 10.3. The maximum atomic E-state index is 12.1. The Morgan fingerprint density at radius 2 is 1.50 bits per heavy atom. The molecule has 0 aliphatic rings. The Hall–Kier alpha value is -1.62. The molecule has 24 heavy (non-hydrogen) atoms. The zero-order chi connectivity index (χ0) is 18.3. The Morgan fingerprint density at radius 3 is 1.92 bits per heavy atom. The second-order valence-corrected chi connectivity index (χ2v) is 9.49. The van der Waals surface area contributed by atoms with Crippen molar-refractivity contribution in [1.29, 1.82) is 0 Å². The van der Waals surface area contributed by atoms with Crippen LogP contribution in [0.3, 0.4) is 0 Å². The van der Waals surface area contributed by atoms with Crippen LogP contribution in [0.1, 0.15) is 0 Å². The molecule has 8 nitrogen and oxygen atoms in total. The first-order valence-electron chi connectivity index (χ1n) is 6.13. The number of aromatic nitrogens is 2. The molecule has 0 aliphatic heterocycles. The monoisotopic (exact) mass is 411 g/mol. The second kappa shape index (κ2) is 6.36.